The highest BCUT2D eigenvalue weighted by Gasteiger charge is 2.19. The monoisotopic (exact) mass is 408 g/mol. The molecule has 0 bridgehead atoms. The Morgan fingerprint density at radius 3 is 2.23 bits per heavy atom. The highest BCUT2D eigenvalue weighted by Crippen LogP contribution is 2.15. The first-order valence-electron chi connectivity index (χ1n) is 9.18. The average Bonchev–Trinajstić information content (AvgIpc) is 2.71. The summed E-state index contributed by atoms with van der Waals surface area (Å²) in [5, 5.41) is 12.5. The summed E-state index contributed by atoms with van der Waals surface area (Å²) in [5.41, 5.74) is 1.10. The molecule has 0 aliphatic carbocycles. The van der Waals surface area contributed by atoms with Gasteiger partial charge in [0.05, 0.1) is 17.5 Å². The van der Waals surface area contributed by atoms with Crippen LogP contribution in [0, 0.1) is 0 Å². The molecular formula is C21H20N4O5. The number of aromatic amines is 1. The van der Waals surface area contributed by atoms with Gasteiger partial charge >= 0.3 is 5.97 Å². The second-order valence-electron chi connectivity index (χ2n) is 6.60. The number of ether oxygens (including phenoxy) is 1. The summed E-state index contributed by atoms with van der Waals surface area (Å²) in [5.74, 6) is -1.35. The van der Waals surface area contributed by atoms with Gasteiger partial charge in [0.1, 0.15) is 0 Å². The first kappa shape index (κ1) is 20.7. The van der Waals surface area contributed by atoms with E-state index in [9.17, 15) is 19.2 Å². The van der Waals surface area contributed by atoms with Crippen molar-refractivity contribution in [1.29, 1.82) is 0 Å². The summed E-state index contributed by atoms with van der Waals surface area (Å²) < 4.78 is 5.20. The van der Waals surface area contributed by atoms with Crippen molar-refractivity contribution in [1.82, 2.24) is 10.2 Å². The molecule has 1 aromatic heterocycles. The summed E-state index contributed by atoms with van der Waals surface area (Å²) >= 11 is 0. The van der Waals surface area contributed by atoms with Crippen LogP contribution in [-0.2, 0) is 25.5 Å². The predicted molar refractivity (Wildman–Crippen MR) is 111 cm³/mol. The molecule has 0 radical (unpaired) electrons. The lowest BCUT2D eigenvalue weighted by atomic mass is 10.1. The summed E-state index contributed by atoms with van der Waals surface area (Å²) in [6.07, 6.45) is -1.23. The minimum atomic E-state index is -1.04. The Labute approximate surface area is 171 Å². The predicted octanol–water partition coefficient (Wildman–Crippen LogP) is 1.99. The molecule has 0 aliphatic heterocycles. The van der Waals surface area contributed by atoms with Crippen LogP contribution in [0.5, 0.6) is 0 Å². The van der Waals surface area contributed by atoms with Crippen molar-refractivity contribution >= 4 is 39.9 Å². The number of amides is 2. The van der Waals surface area contributed by atoms with E-state index in [2.05, 4.69) is 20.8 Å². The maximum Gasteiger partial charge on any atom is 0.312 e. The highest BCUT2D eigenvalue weighted by atomic mass is 16.5. The van der Waals surface area contributed by atoms with E-state index in [1.807, 2.05) is 0 Å². The second kappa shape index (κ2) is 8.99. The smallest absolute Gasteiger partial charge is 0.312 e. The summed E-state index contributed by atoms with van der Waals surface area (Å²) in [6.45, 7) is 2.86. The van der Waals surface area contributed by atoms with Gasteiger partial charge in [-0.3, -0.25) is 19.2 Å². The number of nitrogens with one attached hydrogen (secondary N) is 3. The van der Waals surface area contributed by atoms with Gasteiger partial charge in [0.2, 0.25) is 5.91 Å². The number of carbonyl (C=O) groups excluding carboxylic acids is 3. The van der Waals surface area contributed by atoms with Crippen molar-refractivity contribution in [3.63, 3.8) is 0 Å². The Morgan fingerprint density at radius 2 is 1.60 bits per heavy atom. The van der Waals surface area contributed by atoms with Gasteiger partial charge in [0.15, 0.2) is 6.10 Å². The number of H-pyrrole nitrogens is 1. The van der Waals surface area contributed by atoms with E-state index in [0.29, 0.717) is 27.8 Å². The van der Waals surface area contributed by atoms with E-state index in [1.54, 1.807) is 48.5 Å². The Hall–Kier alpha value is -4.01. The van der Waals surface area contributed by atoms with E-state index in [-0.39, 0.29) is 17.9 Å². The lowest BCUT2D eigenvalue weighted by Gasteiger charge is -2.14. The van der Waals surface area contributed by atoms with Crippen molar-refractivity contribution < 1.29 is 19.1 Å². The maximum absolute atomic E-state index is 12.3. The third kappa shape index (κ3) is 5.07. The van der Waals surface area contributed by atoms with Crippen LogP contribution in [0.2, 0.25) is 0 Å². The number of esters is 1. The molecule has 3 rings (SSSR count). The van der Waals surface area contributed by atoms with Crippen LogP contribution in [0.4, 0.5) is 11.4 Å². The van der Waals surface area contributed by atoms with Gasteiger partial charge in [0, 0.05) is 23.7 Å². The number of fused-ring (bicyclic) bond motifs is 1. The fraction of sp³-hybridized carbons (Fsp3) is 0.190. The fourth-order valence-electron chi connectivity index (χ4n) is 2.82. The molecule has 3 N–H and O–H groups in total. The topological polar surface area (TPSA) is 130 Å². The zero-order valence-corrected chi connectivity index (χ0v) is 16.4. The van der Waals surface area contributed by atoms with Gasteiger partial charge in [-0.05, 0) is 37.3 Å². The standard InChI is InChI=1S/C21H20N4O5/c1-12(20(28)23-15-9-7-14(8-10-15)22-13(2)26)30-19(27)11-18-16-5-3-4-6-17(16)21(29)25-24-18/h3-10,12H,11H2,1-2H3,(H,22,26)(H,23,28)(H,25,29)/t12-/m1/s1. The molecule has 1 atom stereocenters. The van der Waals surface area contributed by atoms with Crippen LogP contribution in [0.25, 0.3) is 10.8 Å². The maximum atomic E-state index is 12.3. The number of benzene rings is 2. The van der Waals surface area contributed by atoms with Gasteiger partial charge < -0.3 is 15.4 Å². The molecular weight excluding hydrogens is 388 g/mol. The average molecular weight is 408 g/mol. The molecule has 9 heteroatoms. The molecule has 9 nitrogen and oxygen atoms in total. The van der Waals surface area contributed by atoms with Crippen LogP contribution in [0.3, 0.4) is 0 Å². The quantitative estimate of drug-likeness (QED) is 0.535. The molecule has 1 heterocycles. The number of carbonyl (C=O) groups is 3. The van der Waals surface area contributed by atoms with E-state index in [0.717, 1.165) is 0 Å². The number of rotatable bonds is 6. The van der Waals surface area contributed by atoms with Crippen LogP contribution in [-0.4, -0.2) is 34.1 Å². The van der Waals surface area contributed by atoms with E-state index in [4.69, 9.17) is 4.74 Å². The number of hydrogen-bond donors (Lipinski definition) is 3. The molecule has 0 saturated carbocycles. The minimum Gasteiger partial charge on any atom is -0.452 e. The highest BCUT2D eigenvalue weighted by molar-refractivity contribution is 5.96. The third-order valence-electron chi connectivity index (χ3n) is 4.24. The molecule has 30 heavy (non-hydrogen) atoms. The summed E-state index contributed by atoms with van der Waals surface area (Å²) in [6, 6.07) is 13.3. The molecule has 3 aromatic rings. The Kier molecular flexibility index (Phi) is 6.21. The van der Waals surface area contributed by atoms with E-state index < -0.39 is 18.0 Å². The Bertz CT molecular complexity index is 1150. The van der Waals surface area contributed by atoms with E-state index >= 15 is 0 Å². The lowest BCUT2D eigenvalue weighted by Crippen LogP contribution is -2.30. The molecule has 2 amide bonds. The SMILES string of the molecule is CC(=O)Nc1ccc(NC(=O)[C@@H](C)OC(=O)Cc2n[nH]c(=O)c3ccccc23)cc1. The molecule has 0 saturated heterocycles. The zero-order chi connectivity index (χ0) is 21.7. The third-order valence-corrected chi connectivity index (χ3v) is 4.24. The summed E-state index contributed by atoms with van der Waals surface area (Å²) in [4.78, 5) is 47.4. The minimum absolute atomic E-state index is 0.194. The van der Waals surface area contributed by atoms with Gasteiger partial charge in [0.25, 0.3) is 11.5 Å². The first-order valence-corrected chi connectivity index (χ1v) is 9.18. The van der Waals surface area contributed by atoms with Gasteiger partial charge in [-0.15, -0.1) is 0 Å². The van der Waals surface area contributed by atoms with E-state index in [1.165, 1.54) is 13.8 Å². The van der Waals surface area contributed by atoms with Crippen molar-refractivity contribution in [2.75, 3.05) is 10.6 Å². The van der Waals surface area contributed by atoms with Crippen LogP contribution in [0.15, 0.2) is 53.3 Å². The second-order valence-corrected chi connectivity index (χ2v) is 6.60. The normalized spacial score (nSPS) is 11.5. The molecule has 0 fully saturated rings. The largest absolute Gasteiger partial charge is 0.452 e. The van der Waals surface area contributed by atoms with Crippen LogP contribution in [0.1, 0.15) is 19.5 Å². The molecule has 0 unspecified atom stereocenters. The van der Waals surface area contributed by atoms with Crippen molar-refractivity contribution in [3.8, 4) is 0 Å². The number of aromatic nitrogens is 2. The zero-order valence-electron chi connectivity index (χ0n) is 16.4. The molecule has 2 aromatic carbocycles. The van der Waals surface area contributed by atoms with Crippen molar-refractivity contribution in [2.24, 2.45) is 0 Å². The fourth-order valence-corrected chi connectivity index (χ4v) is 2.82. The van der Waals surface area contributed by atoms with Crippen LogP contribution >= 0.6 is 0 Å². The molecule has 154 valence electrons. The van der Waals surface area contributed by atoms with Gasteiger partial charge in [-0.25, -0.2) is 5.10 Å². The Balaban J connectivity index is 1.60. The van der Waals surface area contributed by atoms with Crippen molar-refractivity contribution in [2.45, 2.75) is 26.4 Å². The van der Waals surface area contributed by atoms with Crippen LogP contribution < -0.4 is 16.2 Å². The lowest BCUT2D eigenvalue weighted by molar-refractivity contribution is -0.152. The van der Waals surface area contributed by atoms with Crippen molar-refractivity contribution in [3.05, 3.63) is 64.6 Å². The molecule has 0 aliphatic rings. The number of hydrogen-bond acceptors (Lipinski definition) is 6. The number of nitrogens with zero attached hydrogens (tertiary/aromatic N) is 1. The Morgan fingerprint density at radius 1 is 1.00 bits per heavy atom. The summed E-state index contributed by atoms with van der Waals surface area (Å²) in [7, 11) is 0. The first-order chi connectivity index (χ1) is 14.3. The van der Waals surface area contributed by atoms with Gasteiger partial charge in [-0.1, -0.05) is 18.2 Å². The number of anilines is 2. The molecule has 0 spiro atoms. The van der Waals surface area contributed by atoms with Gasteiger partial charge in [-0.2, -0.15) is 5.10 Å².